The van der Waals surface area contributed by atoms with Crippen molar-refractivity contribution in [2.45, 2.75) is 6.54 Å². The lowest BCUT2D eigenvalue weighted by Gasteiger charge is -2.09. The molecule has 1 N–H and O–H groups in total. The van der Waals surface area contributed by atoms with Gasteiger partial charge in [0.15, 0.2) is 0 Å². The van der Waals surface area contributed by atoms with E-state index >= 15 is 0 Å². The summed E-state index contributed by atoms with van der Waals surface area (Å²) in [4.78, 5) is 4.46. The zero-order valence-corrected chi connectivity index (χ0v) is 11.8. The van der Waals surface area contributed by atoms with E-state index in [1.54, 1.807) is 6.20 Å². The van der Waals surface area contributed by atoms with Gasteiger partial charge in [-0.3, -0.25) is 9.67 Å². The lowest BCUT2D eigenvalue weighted by molar-refractivity contribution is 0.638. The zero-order valence-electron chi connectivity index (χ0n) is 10.3. The van der Waals surface area contributed by atoms with Gasteiger partial charge in [0.05, 0.1) is 17.7 Å². The van der Waals surface area contributed by atoms with Gasteiger partial charge in [0, 0.05) is 35.0 Å². The number of rotatable bonds is 4. The first-order valence-corrected chi connectivity index (χ1v) is 6.88. The number of nitrogens with one attached hydrogen (secondary N) is 1. The first-order chi connectivity index (χ1) is 9.33. The number of halogens is 1. The SMILES string of the molecule is Brc1cnc2c(NCCn3cccn3)cccc2c1. The van der Waals surface area contributed by atoms with Crippen LogP contribution in [0.5, 0.6) is 0 Å². The minimum absolute atomic E-state index is 0.818. The molecule has 3 rings (SSSR count). The average Bonchev–Trinajstić information content (AvgIpc) is 2.92. The molecule has 0 fully saturated rings. The summed E-state index contributed by atoms with van der Waals surface area (Å²) in [6, 6.07) is 10.1. The van der Waals surface area contributed by atoms with Gasteiger partial charge in [-0.25, -0.2) is 0 Å². The molecule has 0 saturated heterocycles. The first-order valence-electron chi connectivity index (χ1n) is 6.08. The van der Waals surface area contributed by atoms with Crippen LogP contribution in [0.4, 0.5) is 5.69 Å². The molecule has 2 aromatic heterocycles. The summed E-state index contributed by atoms with van der Waals surface area (Å²) in [5.41, 5.74) is 2.04. The van der Waals surface area contributed by atoms with E-state index in [1.165, 1.54) is 0 Å². The highest BCUT2D eigenvalue weighted by atomic mass is 79.9. The van der Waals surface area contributed by atoms with Crippen LogP contribution in [0.25, 0.3) is 10.9 Å². The number of nitrogens with zero attached hydrogens (tertiary/aromatic N) is 3. The van der Waals surface area contributed by atoms with E-state index in [9.17, 15) is 0 Å². The van der Waals surface area contributed by atoms with Gasteiger partial charge in [0.1, 0.15) is 0 Å². The predicted molar refractivity (Wildman–Crippen MR) is 80.2 cm³/mol. The maximum Gasteiger partial charge on any atom is 0.0934 e. The fraction of sp³-hybridized carbons (Fsp3) is 0.143. The topological polar surface area (TPSA) is 42.7 Å². The Morgan fingerprint density at radius 2 is 2.21 bits per heavy atom. The number of hydrogen-bond acceptors (Lipinski definition) is 3. The van der Waals surface area contributed by atoms with Crippen molar-refractivity contribution in [3.63, 3.8) is 0 Å². The van der Waals surface area contributed by atoms with E-state index < -0.39 is 0 Å². The molecule has 0 aliphatic rings. The molecule has 5 heteroatoms. The van der Waals surface area contributed by atoms with Crippen LogP contribution in [0.15, 0.2) is 53.4 Å². The number of anilines is 1. The third-order valence-electron chi connectivity index (χ3n) is 2.89. The van der Waals surface area contributed by atoms with E-state index in [4.69, 9.17) is 0 Å². The van der Waals surface area contributed by atoms with Crippen molar-refractivity contribution in [2.24, 2.45) is 0 Å². The Hall–Kier alpha value is -1.88. The summed E-state index contributed by atoms with van der Waals surface area (Å²) < 4.78 is 2.90. The predicted octanol–water partition coefficient (Wildman–Crippen LogP) is 3.31. The van der Waals surface area contributed by atoms with Gasteiger partial charge in [-0.2, -0.15) is 5.10 Å². The van der Waals surface area contributed by atoms with Crippen molar-refractivity contribution in [1.82, 2.24) is 14.8 Å². The molecular formula is C14H13BrN4. The molecule has 1 aromatic carbocycles. The molecular weight excluding hydrogens is 304 g/mol. The molecule has 3 aromatic rings. The molecule has 0 aliphatic heterocycles. The van der Waals surface area contributed by atoms with Crippen molar-refractivity contribution in [1.29, 1.82) is 0 Å². The van der Waals surface area contributed by atoms with Crippen molar-refractivity contribution in [3.8, 4) is 0 Å². The van der Waals surface area contributed by atoms with Gasteiger partial charge in [-0.05, 0) is 34.1 Å². The molecule has 0 spiro atoms. The van der Waals surface area contributed by atoms with Crippen LogP contribution in [0.1, 0.15) is 0 Å². The normalized spacial score (nSPS) is 10.8. The minimum atomic E-state index is 0.818. The van der Waals surface area contributed by atoms with Gasteiger partial charge < -0.3 is 5.32 Å². The molecule has 0 bridgehead atoms. The summed E-state index contributed by atoms with van der Waals surface area (Å²) in [5, 5.41) is 8.71. The molecule has 0 unspecified atom stereocenters. The highest BCUT2D eigenvalue weighted by Gasteiger charge is 2.02. The van der Waals surface area contributed by atoms with Gasteiger partial charge >= 0.3 is 0 Å². The highest BCUT2D eigenvalue weighted by molar-refractivity contribution is 9.10. The quantitative estimate of drug-likeness (QED) is 0.803. The summed E-state index contributed by atoms with van der Waals surface area (Å²) in [5.74, 6) is 0. The van der Waals surface area contributed by atoms with Crippen LogP contribution >= 0.6 is 15.9 Å². The second kappa shape index (κ2) is 5.40. The summed E-state index contributed by atoms with van der Waals surface area (Å²) in [6.07, 6.45) is 5.57. The smallest absolute Gasteiger partial charge is 0.0934 e. The summed E-state index contributed by atoms with van der Waals surface area (Å²) >= 11 is 3.44. The molecule has 0 radical (unpaired) electrons. The molecule has 0 aliphatic carbocycles. The average molecular weight is 317 g/mol. The minimum Gasteiger partial charge on any atom is -0.381 e. The van der Waals surface area contributed by atoms with E-state index in [-0.39, 0.29) is 0 Å². The van der Waals surface area contributed by atoms with Crippen molar-refractivity contribution < 1.29 is 0 Å². The highest BCUT2D eigenvalue weighted by Crippen LogP contribution is 2.23. The first kappa shape index (κ1) is 12.2. The fourth-order valence-electron chi connectivity index (χ4n) is 2.01. The molecule has 4 nitrogen and oxygen atoms in total. The zero-order chi connectivity index (χ0) is 13.1. The van der Waals surface area contributed by atoms with Crippen LogP contribution < -0.4 is 5.32 Å². The van der Waals surface area contributed by atoms with Gasteiger partial charge in [0.25, 0.3) is 0 Å². The lowest BCUT2D eigenvalue weighted by Crippen LogP contribution is -2.11. The van der Waals surface area contributed by atoms with Crippen LogP contribution in [0.3, 0.4) is 0 Å². The number of aromatic nitrogens is 3. The van der Waals surface area contributed by atoms with Crippen molar-refractivity contribution in [2.75, 3.05) is 11.9 Å². The summed E-state index contributed by atoms with van der Waals surface area (Å²) in [6.45, 7) is 1.65. The van der Waals surface area contributed by atoms with Gasteiger partial charge in [0.2, 0.25) is 0 Å². The standard InChI is InChI=1S/C14H13BrN4/c15-12-9-11-3-1-4-13(14(11)17-10-12)16-6-8-19-7-2-5-18-19/h1-5,7,9-10,16H,6,8H2. The third kappa shape index (κ3) is 2.76. The Morgan fingerprint density at radius 1 is 1.26 bits per heavy atom. The van der Waals surface area contributed by atoms with E-state index in [0.717, 1.165) is 34.2 Å². The van der Waals surface area contributed by atoms with Gasteiger partial charge in [-0.1, -0.05) is 12.1 Å². The van der Waals surface area contributed by atoms with Crippen molar-refractivity contribution >= 4 is 32.5 Å². The molecule has 19 heavy (non-hydrogen) atoms. The Kier molecular flexibility index (Phi) is 3.46. The Morgan fingerprint density at radius 3 is 3.05 bits per heavy atom. The number of fused-ring (bicyclic) bond motifs is 1. The number of para-hydroxylation sites is 1. The Bertz CT molecular complexity index is 679. The fourth-order valence-corrected chi connectivity index (χ4v) is 2.36. The Balaban J connectivity index is 1.77. The summed E-state index contributed by atoms with van der Waals surface area (Å²) in [7, 11) is 0. The van der Waals surface area contributed by atoms with E-state index in [1.807, 2.05) is 35.3 Å². The van der Waals surface area contributed by atoms with Crippen LogP contribution in [0, 0.1) is 0 Å². The largest absolute Gasteiger partial charge is 0.381 e. The number of pyridine rings is 1. The molecule has 0 amide bonds. The Labute approximate surface area is 119 Å². The lowest BCUT2D eigenvalue weighted by atomic mass is 10.2. The monoisotopic (exact) mass is 316 g/mol. The second-order valence-corrected chi connectivity index (χ2v) is 5.14. The van der Waals surface area contributed by atoms with Crippen LogP contribution in [-0.2, 0) is 6.54 Å². The maximum atomic E-state index is 4.46. The van der Waals surface area contributed by atoms with Crippen LogP contribution in [0.2, 0.25) is 0 Å². The second-order valence-electron chi connectivity index (χ2n) is 4.23. The van der Waals surface area contributed by atoms with E-state index in [2.05, 4.69) is 43.5 Å². The van der Waals surface area contributed by atoms with Crippen LogP contribution in [-0.4, -0.2) is 21.3 Å². The molecule has 96 valence electrons. The van der Waals surface area contributed by atoms with Crippen molar-refractivity contribution in [3.05, 3.63) is 53.4 Å². The number of benzene rings is 1. The molecule has 0 atom stereocenters. The van der Waals surface area contributed by atoms with Gasteiger partial charge in [-0.15, -0.1) is 0 Å². The molecule has 2 heterocycles. The van der Waals surface area contributed by atoms with E-state index in [0.29, 0.717) is 0 Å². The third-order valence-corrected chi connectivity index (χ3v) is 3.33. The number of hydrogen-bond donors (Lipinski definition) is 1. The molecule has 0 saturated carbocycles. The maximum absolute atomic E-state index is 4.46.